The van der Waals surface area contributed by atoms with Crippen molar-refractivity contribution in [3.63, 3.8) is 0 Å². The number of piperazine rings is 1. The second-order valence-electron chi connectivity index (χ2n) is 6.10. The normalized spacial score (nSPS) is 24.0. The van der Waals surface area contributed by atoms with E-state index in [4.69, 9.17) is 5.11 Å². The Bertz CT molecular complexity index is 507. The van der Waals surface area contributed by atoms with Crippen LogP contribution in [0.15, 0.2) is 0 Å². The van der Waals surface area contributed by atoms with E-state index in [0.29, 0.717) is 13.0 Å². The van der Waals surface area contributed by atoms with E-state index in [0.717, 1.165) is 57.2 Å². The fourth-order valence-electron chi connectivity index (χ4n) is 3.00. The van der Waals surface area contributed by atoms with Crippen LogP contribution < -0.4 is 0 Å². The lowest BCUT2D eigenvalue weighted by Gasteiger charge is -2.31. The van der Waals surface area contributed by atoms with E-state index in [1.807, 2.05) is 0 Å². The number of nitrogens with zero attached hydrogens (tertiary/aromatic N) is 5. The fraction of sp³-hybridized carbons (Fsp3) is 0.786. The van der Waals surface area contributed by atoms with Crippen molar-refractivity contribution in [3.05, 3.63) is 11.6 Å². The molecule has 7 heteroatoms. The number of rotatable bonds is 4. The molecule has 1 unspecified atom stereocenters. The van der Waals surface area contributed by atoms with E-state index in [2.05, 4.69) is 26.9 Å². The Balaban J connectivity index is 1.55. The first-order valence-electron chi connectivity index (χ1n) is 7.68. The van der Waals surface area contributed by atoms with E-state index >= 15 is 0 Å². The van der Waals surface area contributed by atoms with Crippen LogP contribution in [-0.2, 0) is 24.2 Å². The zero-order valence-corrected chi connectivity index (χ0v) is 12.5. The highest BCUT2D eigenvalue weighted by Gasteiger charge is 2.26. The Morgan fingerprint density at radius 2 is 2.10 bits per heavy atom. The number of aromatic nitrogens is 3. The number of likely N-dealkylation sites (N-methyl/N-ethyl adjacent to an activating group) is 1. The van der Waals surface area contributed by atoms with Crippen molar-refractivity contribution in [2.75, 3.05) is 39.8 Å². The molecule has 1 N–H and O–H groups in total. The van der Waals surface area contributed by atoms with E-state index in [-0.39, 0.29) is 5.92 Å². The zero-order chi connectivity index (χ0) is 14.8. The molecule has 0 aromatic carbocycles. The maximum atomic E-state index is 11.1. The summed E-state index contributed by atoms with van der Waals surface area (Å²) < 4.78 is 1.79. The van der Waals surface area contributed by atoms with E-state index < -0.39 is 5.97 Å². The molecule has 3 heterocycles. The molecule has 0 bridgehead atoms. The summed E-state index contributed by atoms with van der Waals surface area (Å²) in [4.78, 5) is 20.4. The van der Waals surface area contributed by atoms with Crippen molar-refractivity contribution >= 4 is 5.97 Å². The Labute approximate surface area is 124 Å². The van der Waals surface area contributed by atoms with Gasteiger partial charge in [0.25, 0.3) is 0 Å². The highest BCUT2D eigenvalue weighted by Crippen LogP contribution is 2.18. The predicted octanol–water partition coefficient (Wildman–Crippen LogP) is -0.285. The first kappa shape index (κ1) is 14.5. The summed E-state index contributed by atoms with van der Waals surface area (Å²) in [7, 11) is 2.15. The lowest BCUT2D eigenvalue weighted by molar-refractivity contribution is -0.142. The average molecular weight is 293 g/mol. The zero-order valence-electron chi connectivity index (χ0n) is 12.5. The maximum absolute atomic E-state index is 11.1. The van der Waals surface area contributed by atoms with Crippen molar-refractivity contribution in [2.45, 2.75) is 25.8 Å². The molecule has 1 aromatic rings. The van der Waals surface area contributed by atoms with Crippen molar-refractivity contribution in [3.8, 4) is 0 Å². The molecule has 2 aliphatic rings. The second-order valence-corrected chi connectivity index (χ2v) is 6.10. The van der Waals surface area contributed by atoms with Gasteiger partial charge in [-0.05, 0) is 13.5 Å². The lowest BCUT2D eigenvalue weighted by Crippen LogP contribution is -2.45. The van der Waals surface area contributed by atoms with Gasteiger partial charge in [0.2, 0.25) is 0 Å². The number of aryl methyl sites for hydroxylation is 1. The minimum Gasteiger partial charge on any atom is -0.481 e. The summed E-state index contributed by atoms with van der Waals surface area (Å²) >= 11 is 0. The SMILES string of the molecule is CN1CCN(CCc2nc3n(n2)CC(C(=O)O)CC3)CC1. The maximum Gasteiger partial charge on any atom is 0.308 e. The van der Waals surface area contributed by atoms with Gasteiger partial charge in [0, 0.05) is 45.6 Å². The monoisotopic (exact) mass is 293 g/mol. The van der Waals surface area contributed by atoms with E-state index in [1.165, 1.54) is 0 Å². The molecular weight excluding hydrogens is 270 g/mol. The molecule has 0 spiro atoms. The number of aliphatic carboxylic acids is 1. The van der Waals surface area contributed by atoms with Crippen molar-refractivity contribution in [1.82, 2.24) is 24.6 Å². The summed E-state index contributed by atoms with van der Waals surface area (Å²) in [5.41, 5.74) is 0. The molecule has 0 saturated carbocycles. The third kappa shape index (κ3) is 3.41. The summed E-state index contributed by atoms with van der Waals surface area (Å²) in [5, 5.41) is 13.6. The summed E-state index contributed by atoms with van der Waals surface area (Å²) in [6.45, 7) is 5.89. The van der Waals surface area contributed by atoms with Crippen LogP contribution in [0, 0.1) is 5.92 Å². The largest absolute Gasteiger partial charge is 0.481 e. The second kappa shape index (κ2) is 6.11. The Kier molecular flexibility index (Phi) is 4.21. The Hall–Kier alpha value is -1.47. The number of carbonyl (C=O) groups is 1. The summed E-state index contributed by atoms with van der Waals surface area (Å²) in [6, 6.07) is 0. The Morgan fingerprint density at radius 1 is 1.33 bits per heavy atom. The topological polar surface area (TPSA) is 74.5 Å². The smallest absolute Gasteiger partial charge is 0.308 e. The predicted molar refractivity (Wildman–Crippen MR) is 77.1 cm³/mol. The number of hydrogen-bond acceptors (Lipinski definition) is 5. The third-order valence-electron chi connectivity index (χ3n) is 4.50. The highest BCUT2D eigenvalue weighted by atomic mass is 16.4. The quantitative estimate of drug-likeness (QED) is 0.822. The number of carboxylic acids is 1. The molecular formula is C14H23N5O2. The molecule has 1 aromatic heterocycles. The van der Waals surface area contributed by atoms with Gasteiger partial charge in [-0.1, -0.05) is 0 Å². The molecule has 7 nitrogen and oxygen atoms in total. The molecule has 0 radical (unpaired) electrons. The van der Waals surface area contributed by atoms with Gasteiger partial charge >= 0.3 is 5.97 Å². The molecule has 2 aliphatic heterocycles. The molecule has 0 aliphatic carbocycles. The van der Waals surface area contributed by atoms with Crippen LogP contribution in [0.1, 0.15) is 18.1 Å². The van der Waals surface area contributed by atoms with Crippen molar-refractivity contribution in [2.24, 2.45) is 5.92 Å². The number of hydrogen-bond donors (Lipinski definition) is 1. The number of fused-ring (bicyclic) bond motifs is 1. The first-order chi connectivity index (χ1) is 10.1. The first-order valence-corrected chi connectivity index (χ1v) is 7.68. The molecule has 1 fully saturated rings. The minimum atomic E-state index is -0.727. The minimum absolute atomic E-state index is 0.315. The fourth-order valence-corrected chi connectivity index (χ4v) is 3.00. The summed E-state index contributed by atoms with van der Waals surface area (Å²) in [5.74, 6) is 0.760. The van der Waals surface area contributed by atoms with Crippen LogP contribution in [0.25, 0.3) is 0 Å². The van der Waals surface area contributed by atoms with Gasteiger partial charge < -0.3 is 14.9 Å². The van der Waals surface area contributed by atoms with Gasteiger partial charge in [-0.2, -0.15) is 5.10 Å². The lowest BCUT2D eigenvalue weighted by atomic mass is 10.0. The highest BCUT2D eigenvalue weighted by molar-refractivity contribution is 5.70. The van der Waals surface area contributed by atoms with Gasteiger partial charge in [0.1, 0.15) is 5.82 Å². The standard InChI is InChI=1S/C14H23N5O2/c1-17-6-8-18(9-7-17)5-4-12-15-13-3-2-11(14(20)21)10-19(13)16-12/h11H,2-10H2,1H3,(H,20,21). The molecule has 1 saturated heterocycles. The van der Waals surface area contributed by atoms with Gasteiger partial charge in [-0.15, -0.1) is 0 Å². The molecule has 1 atom stereocenters. The molecule has 0 amide bonds. The number of carboxylic acid groups (broad SMARTS) is 1. The van der Waals surface area contributed by atoms with Crippen LogP contribution in [0.4, 0.5) is 0 Å². The Morgan fingerprint density at radius 3 is 2.81 bits per heavy atom. The average Bonchev–Trinajstić information content (AvgIpc) is 2.88. The summed E-state index contributed by atoms with van der Waals surface area (Å²) in [6.07, 6.45) is 2.24. The van der Waals surface area contributed by atoms with E-state index in [9.17, 15) is 4.79 Å². The van der Waals surface area contributed by atoms with Crippen molar-refractivity contribution < 1.29 is 9.90 Å². The van der Waals surface area contributed by atoms with Crippen LogP contribution in [0.2, 0.25) is 0 Å². The van der Waals surface area contributed by atoms with Gasteiger partial charge in [-0.25, -0.2) is 9.67 Å². The van der Waals surface area contributed by atoms with Crippen LogP contribution >= 0.6 is 0 Å². The molecule has 3 rings (SSSR count). The van der Waals surface area contributed by atoms with Gasteiger partial charge in [-0.3, -0.25) is 4.79 Å². The van der Waals surface area contributed by atoms with Crippen molar-refractivity contribution in [1.29, 1.82) is 0 Å². The molecule has 116 valence electrons. The van der Waals surface area contributed by atoms with Gasteiger partial charge in [0.05, 0.1) is 12.5 Å². The van der Waals surface area contributed by atoms with Crippen LogP contribution in [0.3, 0.4) is 0 Å². The van der Waals surface area contributed by atoms with Gasteiger partial charge in [0.15, 0.2) is 5.82 Å². The van der Waals surface area contributed by atoms with Crippen LogP contribution in [-0.4, -0.2) is 75.4 Å². The molecule has 21 heavy (non-hydrogen) atoms. The third-order valence-corrected chi connectivity index (χ3v) is 4.50. The van der Waals surface area contributed by atoms with E-state index in [1.54, 1.807) is 4.68 Å². The van der Waals surface area contributed by atoms with Crippen LogP contribution in [0.5, 0.6) is 0 Å².